The second kappa shape index (κ2) is 5.21. The molecule has 0 amide bonds. The quantitative estimate of drug-likeness (QED) is 0.479. The molecule has 0 aromatic carbocycles. The van der Waals surface area contributed by atoms with Crippen LogP contribution < -0.4 is 0 Å². The summed E-state index contributed by atoms with van der Waals surface area (Å²) in [6.45, 7) is 0. The van der Waals surface area contributed by atoms with E-state index in [1.54, 1.807) is 23.1 Å². The summed E-state index contributed by atoms with van der Waals surface area (Å²) in [5, 5.41) is 4.49. The average Bonchev–Trinajstić information content (AvgIpc) is 3.42. The fraction of sp³-hybridized carbons (Fsp3) is 0. The molecule has 6 aromatic rings. The van der Waals surface area contributed by atoms with E-state index in [-0.39, 0.29) is 0 Å². The van der Waals surface area contributed by atoms with Crippen LogP contribution in [-0.4, -0.2) is 38.4 Å². The van der Waals surface area contributed by atoms with Crippen molar-refractivity contribution in [2.24, 2.45) is 0 Å². The summed E-state index contributed by atoms with van der Waals surface area (Å²) in [4.78, 5) is 17.8. The summed E-state index contributed by atoms with van der Waals surface area (Å²) in [7, 11) is 0. The van der Waals surface area contributed by atoms with Gasteiger partial charge in [0.1, 0.15) is 5.65 Å². The first-order valence-electron chi connectivity index (χ1n) is 8.42. The van der Waals surface area contributed by atoms with Gasteiger partial charge in [-0.25, -0.2) is 24.5 Å². The lowest BCUT2D eigenvalue weighted by molar-refractivity contribution is 0.937. The molecule has 0 atom stereocenters. The summed E-state index contributed by atoms with van der Waals surface area (Å²) >= 11 is 0. The van der Waals surface area contributed by atoms with Crippen molar-refractivity contribution in [3.8, 4) is 22.5 Å². The van der Waals surface area contributed by atoms with Crippen LogP contribution in [0.5, 0.6) is 0 Å². The van der Waals surface area contributed by atoms with E-state index in [2.05, 4.69) is 20.1 Å². The van der Waals surface area contributed by atoms with E-state index in [0.29, 0.717) is 5.78 Å². The van der Waals surface area contributed by atoms with E-state index in [1.807, 2.05) is 64.1 Å². The Balaban J connectivity index is 1.46. The first kappa shape index (κ1) is 14.1. The van der Waals surface area contributed by atoms with Crippen LogP contribution in [0.15, 0.2) is 73.8 Å². The fourth-order valence-electron chi connectivity index (χ4n) is 3.20. The molecule has 8 nitrogen and oxygen atoms in total. The van der Waals surface area contributed by atoms with Gasteiger partial charge in [0.05, 0.1) is 23.8 Å². The highest BCUT2D eigenvalue weighted by Gasteiger charge is 2.10. The van der Waals surface area contributed by atoms with Crippen LogP contribution in [-0.2, 0) is 0 Å². The summed E-state index contributed by atoms with van der Waals surface area (Å²) in [5.74, 6) is 0.657. The summed E-state index contributed by atoms with van der Waals surface area (Å²) < 4.78 is 5.63. The standard InChI is InChI=1S/C19H12N8/c1-4-21-19-24-15(11-26(19)6-1)14-8-18-23-16(12-27(18)22-9-14)13-2-3-17-20-5-7-25(17)10-13/h1-12H. The van der Waals surface area contributed by atoms with Crippen molar-refractivity contribution in [1.29, 1.82) is 0 Å². The van der Waals surface area contributed by atoms with E-state index < -0.39 is 0 Å². The zero-order valence-electron chi connectivity index (χ0n) is 14.0. The van der Waals surface area contributed by atoms with Gasteiger partial charge < -0.3 is 4.40 Å². The molecule has 0 aliphatic heterocycles. The second-order valence-corrected chi connectivity index (χ2v) is 6.24. The van der Waals surface area contributed by atoms with Gasteiger partial charge >= 0.3 is 0 Å². The summed E-state index contributed by atoms with van der Waals surface area (Å²) in [6.07, 6.45) is 15.0. The van der Waals surface area contributed by atoms with E-state index in [1.165, 1.54) is 0 Å². The van der Waals surface area contributed by atoms with Crippen LogP contribution >= 0.6 is 0 Å². The molecule has 8 heteroatoms. The van der Waals surface area contributed by atoms with E-state index in [4.69, 9.17) is 4.98 Å². The third kappa shape index (κ3) is 2.20. The van der Waals surface area contributed by atoms with Crippen molar-refractivity contribution in [2.45, 2.75) is 0 Å². The van der Waals surface area contributed by atoms with Crippen LogP contribution in [0.3, 0.4) is 0 Å². The van der Waals surface area contributed by atoms with E-state index >= 15 is 0 Å². The van der Waals surface area contributed by atoms with Gasteiger partial charge in [0.15, 0.2) is 5.65 Å². The number of pyridine rings is 1. The molecule has 128 valence electrons. The Hall–Kier alpha value is -4.07. The maximum Gasteiger partial charge on any atom is 0.234 e. The first-order chi connectivity index (χ1) is 13.3. The molecule has 0 bridgehead atoms. The smallest absolute Gasteiger partial charge is 0.234 e. The molecule has 27 heavy (non-hydrogen) atoms. The molecule has 6 heterocycles. The van der Waals surface area contributed by atoms with Crippen molar-refractivity contribution >= 4 is 17.1 Å². The van der Waals surface area contributed by atoms with Gasteiger partial charge in [0.25, 0.3) is 0 Å². The van der Waals surface area contributed by atoms with Gasteiger partial charge in [-0.1, -0.05) is 0 Å². The maximum atomic E-state index is 4.73. The topological polar surface area (TPSA) is 77.7 Å². The Morgan fingerprint density at radius 2 is 1.70 bits per heavy atom. The second-order valence-electron chi connectivity index (χ2n) is 6.24. The lowest BCUT2D eigenvalue weighted by Crippen LogP contribution is -1.90. The largest absolute Gasteiger partial charge is 0.306 e. The number of aromatic nitrogens is 8. The molecule has 0 N–H and O–H groups in total. The number of imidazole rings is 3. The monoisotopic (exact) mass is 352 g/mol. The van der Waals surface area contributed by atoms with Crippen LogP contribution in [0.4, 0.5) is 0 Å². The van der Waals surface area contributed by atoms with Gasteiger partial charge in [0, 0.05) is 48.3 Å². The minimum absolute atomic E-state index is 0.657. The van der Waals surface area contributed by atoms with Crippen molar-refractivity contribution < 1.29 is 0 Å². The Morgan fingerprint density at radius 1 is 0.741 bits per heavy atom. The minimum Gasteiger partial charge on any atom is -0.306 e. The van der Waals surface area contributed by atoms with Crippen molar-refractivity contribution in [3.63, 3.8) is 0 Å². The highest BCUT2D eigenvalue weighted by molar-refractivity contribution is 5.68. The first-order valence-corrected chi connectivity index (χ1v) is 8.42. The number of hydrogen-bond acceptors (Lipinski definition) is 5. The maximum absolute atomic E-state index is 4.73. The van der Waals surface area contributed by atoms with Gasteiger partial charge in [-0.05, 0) is 24.3 Å². The molecule has 0 spiro atoms. The van der Waals surface area contributed by atoms with Crippen molar-refractivity contribution in [1.82, 2.24) is 38.4 Å². The lowest BCUT2D eigenvalue weighted by Gasteiger charge is -1.97. The molecule has 0 unspecified atom stereocenters. The Morgan fingerprint density at radius 3 is 2.67 bits per heavy atom. The van der Waals surface area contributed by atoms with Crippen LogP contribution in [0, 0.1) is 0 Å². The van der Waals surface area contributed by atoms with Gasteiger partial charge in [-0.2, -0.15) is 5.10 Å². The van der Waals surface area contributed by atoms with Crippen LogP contribution in [0.2, 0.25) is 0 Å². The molecule has 0 saturated heterocycles. The Bertz CT molecular complexity index is 1410. The molecule has 0 aliphatic carbocycles. The van der Waals surface area contributed by atoms with Crippen LogP contribution in [0.1, 0.15) is 0 Å². The fourth-order valence-corrected chi connectivity index (χ4v) is 3.20. The molecule has 0 saturated carbocycles. The Kier molecular flexibility index (Phi) is 2.73. The number of nitrogens with zero attached hydrogens (tertiary/aromatic N) is 8. The third-order valence-corrected chi connectivity index (χ3v) is 4.54. The normalized spacial score (nSPS) is 11.7. The predicted molar refractivity (Wildman–Crippen MR) is 99.2 cm³/mol. The molecule has 0 aliphatic rings. The van der Waals surface area contributed by atoms with Gasteiger partial charge in [-0.15, -0.1) is 0 Å². The van der Waals surface area contributed by atoms with E-state index in [9.17, 15) is 0 Å². The third-order valence-electron chi connectivity index (χ3n) is 4.54. The Labute approximate surface area is 152 Å². The minimum atomic E-state index is 0.657. The van der Waals surface area contributed by atoms with Gasteiger partial charge in [0.2, 0.25) is 5.78 Å². The number of fused-ring (bicyclic) bond motifs is 3. The molecule has 6 rings (SSSR count). The zero-order valence-corrected chi connectivity index (χ0v) is 14.0. The molecule has 0 fully saturated rings. The van der Waals surface area contributed by atoms with Crippen LogP contribution in [0.25, 0.3) is 39.6 Å². The SMILES string of the molecule is c1cnc2nc(-c3cnn4cc(-c5ccc6nccn6c5)nc4c3)cn2c1. The van der Waals surface area contributed by atoms with E-state index in [0.717, 1.165) is 33.8 Å². The van der Waals surface area contributed by atoms with Crippen molar-refractivity contribution in [3.05, 3.63) is 73.8 Å². The predicted octanol–water partition coefficient (Wildman–Crippen LogP) is 2.75. The van der Waals surface area contributed by atoms with Crippen molar-refractivity contribution in [2.75, 3.05) is 0 Å². The molecule has 0 radical (unpaired) electrons. The molecular weight excluding hydrogens is 340 g/mol. The highest BCUT2D eigenvalue weighted by Crippen LogP contribution is 2.23. The zero-order chi connectivity index (χ0) is 17.8. The summed E-state index contributed by atoms with van der Waals surface area (Å²) in [5.41, 5.74) is 5.24. The molecule has 6 aromatic heterocycles. The number of rotatable bonds is 2. The molecular formula is C19H12N8. The number of hydrogen-bond donors (Lipinski definition) is 0. The lowest BCUT2D eigenvalue weighted by atomic mass is 10.2. The summed E-state index contributed by atoms with van der Waals surface area (Å²) in [6, 6.07) is 7.84. The van der Waals surface area contributed by atoms with Gasteiger partial charge in [-0.3, -0.25) is 4.40 Å². The average molecular weight is 352 g/mol. The highest BCUT2D eigenvalue weighted by atomic mass is 15.2.